The van der Waals surface area contributed by atoms with E-state index in [1.807, 2.05) is 56.6 Å². The fraction of sp³-hybridized carbons (Fsp3) is 0.476. The third-order valence-corrected chi connectivity index (χ3v) is 3.99. The van der Waals surface area contributed by atoms with E-state index in [0.717, 1.165) is 17.1 Å². The first kappa shape index (κ1) is 21.5. The van der Waals surface area contributed by atoms with Gasteiger partial charge in [-0.3, -0.25) is 4.79 Å². The Morgan fingerprint density at radius 2 is 1.82 bits per heavy atom. The molecule has 0 saturated heterocycles. The molecule has 152 valence electrons. The zero-order chi connectivity index (χ0) is 21.1. The summed E-state index contributed by atoms with van der Waals surface area (Å²) in [5.74, 6) is -0.405. The first-order chi connectivity index (χ1) is 13.0. The van der Waals surface area contributed by atoms with Gasteiger partial charge in [0.1, 0.15) is 11.6 Å². The maximum Gasteiger partial charge on any atom is 0.408 e. The topological polar surface area (TPSA) is 85.2 Å². The summed E-state index contributed by atoms with van der Waals surface area (Å²) in [7, 11) is 0. The number of aryl methyl sites for hydroxylation is 2. The Balaban J connectivity index is 2.14. The zero-order valence-electron chi connectivity index (χ0n) is 17.7. The van der Waals surface area contributed by atoms with E-state index in [1.165, 1.54) is 0 Å². The first-order valence-corrected chi connectivity index (χ1v) is 9.40. The molecule has 0 aliphatic carbocycles. The van der Waals surface area contributed by atoms with E-state index in [2.05, 4.69) is 15.7 Å². The van der Waals surface area contributed by atoms with Crippen LogP contribution in [0.5, 0.6) is 0 Å². The third kappa shape index (κ3) is 5.84. The van der Waals surface area contributed by atoms with Gasteiger partial charge in [0.05, 0.1) is 11.4 Å². The number of carbonyl (C=O) groups is 2. The van der Waals surface area contributed by atoms with Crippen molar-refractivity contribution in [2.45, 2.75) is 60.1 Å². The predicted molar refractivity (Wildman–Crippen MR) is 110 cm³/mol. The minimum Gasteiger partial charge on any atom is -0.444 e. The number of benzene rings is 1. The molecule has 1 aromatic heterocycles. The average Bonchev–Trinajstić information content (AvgIpc) is 2.89. The van der Waals surface area contributed by atoms with Crippen molar-refractivity contribution in [1.82, 2.24) is 15.1 Å². The summed E-state index contributed by atoms with van der Waals surface area (Å²) < 4.78 is 7.09. The van der Waals surface area contributed by atoms with E-state index in [4.69, 9.17) is 4.74 Å². The molecule has 1 atom stereocenters. The van der Waals surface area contributed by atoms with Crippen molar-refractivity contribution in [3.63, 3.8) is 0 Å². The average molecular weight is 386 g/mol. The molecule has 2 rings (SSSR count). The van der Waals surface area contributed by atoms with Gasteiger partial charge in [-0.2, -0.15) is 5.10 Å². The first-order valence-electron chi connectivity index (χ1n) is 9.40. The van der Waals surface area contributed by atoms with Crippen LogP contribution >= 0.6 is 0 Å². The van der Waals surface area contributed by atoms with Gasteiger partial charge in [0.25, 0.3) is 0 Å². The molecule has 1 heterocycles. The van der Waals surface area contributed by atoms with E-state index in [1.54, 1.807) is 26.8 Å². The number of aromatic nitrogens is 2. The summed E-state index contributed by atoms with van der Waals surface area (Å²) in [4.78, 5) is 24.9. The van der Waals surface area contributed by atoms with Crippen molar-refractivity contribution < 1.29 is 14.3 Å². The molecule has 7 nitrogen and oxygen atoms in total. The van der Waals surface area contributed by atoms with Gasteiger partial charge in [-0.05, 0) is 64.8 Å². The standard InChI is InChI=1S/C21H30N4O3/c1-13(2)18(23-20(27)28-21(5,6)7)19(26)22-16-9-8-10-17(12-16)25-15(4)11-14(3)24-25/h8-13,18H,1-7H3,(H,22,26)(H,23,27). The summed E-state index contributed by atoms with van der Waals surface area (Å²) >= 11 is 0. The van der Waals surface area contributed by atoms with Gasteiger partial charge in [0.2, 0.25) is 5.91 Å². The number of carbonyl (C=O) groups excluding carboxylic acids is 2. The van der Waals surface area contributed by atoms with Gasteiger partial charge in [-0.25, -0.2) is 9.48 Å². The Labute approximate surface area is 166 Å². The molecule has 0 aliphatic heterocycles. The molecule has 0 saturated carbocycles. The number of hydrogen-bond acceptors (Lipinski definition) is 4. The molecule has 2 N–H and O–H groups in total. The molecule has 28 heavy (non-hydrogen) atoms. The van der Waals surface area contributed by atoms with Crippen molar-refractivity contribution in [2.24, 2.45) is 5.92 Å². The van der Waals surface area contributed by atoms with Crippen molar-refractivity contribution in [3.8, 4) is 5.69 Å². The smallest absolute Gasteiger partial charge is 0.408 e. The quantitative estimate of drug-likeness (QED) is 0.814. The van der Waals surface area contributed by atoms with Crippen LogP contribution in [0, 0.1) is 19.8 Å². The molecule has 2 aromatic rings. The Hall–Kier alpha value is -2.83. The number of hydrogen-bond donors (Lipinski definition) is 2. The molecule has 0 spiro atoms. The summed E-state index contributed by atoms with van der Waals surface area (Å²) in [6.07, 6.45) is -0.613. The second kappa shape index (κ2) is 8.46. The highest BCUT2D eigenvalue weighted by atomic mass is 16.6. The largest absolute Gasteiger partial charge is 0.444 e. The third-order valence-electron chi connectivity index (χ3n) is 3.99. The van der Waals surface area contributed by atoms with Gasteiger partial charge in [-0.1, -0.05) is 19.9 Å². The van der Waals surface area contributed by atoms with Crippen LogP contribution in [0.2, 0.25) is 0 Å². The van der Waals surface area contributed by atoms with Crippen LogP contribution in [0.25, 0.3) is 5.69 Å². The number of anilines is 1. The number of amides is 2. The second-order valence-electron chi connectivity index (χ2n) is 8.25. The lowest BCUT2D eigenvalue weighted by Gasteiger charge is -2.25. The van der Waals surface area contributed by atoms with Crippen LogP contribution in [0.4, 0.5) is 10.5 Å². The number of ether oxygens (including phenoxy) is 1. The van der Waals surface area contributed by atoms with Crippen LogP contribution in [-0.2, 0) is 9.53 Å². The maximum atomic E-state index is 12.8. The minimum absolute atomic E-state index is 0.105. The molecule has 7 heteroatoms. The van der Waals surface area contributed by atoms with E-state index in [-0.39, 0.29) is 11.8 Å². The maximum absolute atomic E-state index is 12.8. The fourth-order valence-electron chi connectivity index (χ4n) is 2.80. The Bertz CT molecular complexity index is 850. The molecule has 0 aliphatic rings. The Morgan fingerprint density at radius 1 is 1.14 bits per heavy atom. The summed E-state index contributed by atoms with van der Waals surface area (Å²) in [5.41, 5.74) is 2.79. The molecule has 0 bridgehead atoms. The summed E-state index contributed by atoms with van der Waals surface area (Å²) in [6, 6.07) is 8.71. The van der Waals surface area contributed by atoms with Crippen molar-refractivity contribution in [1.29, 1.82) is 0 Å². The highest BCUT2D eigenvalue weighted by molar-refractivity contribution is 5.97. The summed E-state index contributed by atoms with van der Waals surface area (Å²) in [6.45, 7) is 13.0. The number of nitrogens with one attached hydrogen (secondary N) is 2. The lowest BCUT2D eigenvalue weighted by molar-refractivity contribution is -0.119. The van der Waals surface area contributed by atoms with Gasteiger partial charge in [0, 0.05) is 11.4 Å². The highest BCUT2D eigenvalue weighted by Gasteiger charge is 2.27. The predicted octanol–water partition coefficient (Wildman–Crippen LogP) is 3.98. The minimum atomic E-state index is -0.716. The summed E-state index contributed by atoms with van der Waals surface area (Å²) in [5, 5.41) is 10.0. The van der Waals surface area contributed by atoms with E-state index in [0.29, 0.717) is 5.69 Å². The number of nitrogens with zero attached hydrogens (tertiary/aromatic N) is 2. The van der Waals surface area contributed by atoms with Crippen LogP contribution in [0.1, 0.15) is 46.0 Å². The second-order valence-corrected chi connectivity index (χ2v) is 8.25. The van der Waals surface area contributed by atoms with Crippen LogP contribution < -0.4 is 10.6 Å². The molecular formula is C21H30N4O3. The van der Waals surface area contributed by atoms with Crippen molar-refractivity contribution >= 4 is 17.7 Å². The molecule has 0 fully saturated rings. The molecule has 1 unspecified atom stereocenters. The van der Waals surface area contributed by atoms with Crippen LogP contribution in [0.3, 0.4) is 0 Å². The van der Waals surface area contributed by atoms with E-state index >= 15 is 0 Å². The van der Waals surface area contributed by atoms with Gasteiger partial charge in [0.15, 0.2) is 0 Å². The zero-order valence-corrected chi connectivity index (χ0v) is 17.7. The monoisotopic (exact) mass is 386 g/mol. The van der Waals surface area contributed by atoms with E-state index < -0.39 is 17.7 Å². The van der Waals surface area contributed by atoms with Crippen molar-refractivity contribution in [2.75, 3.05) is 5.32 Å². The van der Waals surface area contributed by atoms with Crippen molar-refractivity contribution in [3.05, 3.63) is 41.7 Å². The normalized spacial score (nSPS) is 12.6. The Kier molecular flexibility index (Phi) is 6.48. The van der Waals surface area contributed by atoms with Crippen LogP contribution in [0.15, 0.2) is 30.3 Å². The highest BCUT2D eigenvalue weighted by Crippen LogP contribution is 2.18. The van der Waals surface area contributed by atoms with Gasteiger partial charge in [-0.15, -0.1) is 0 Å². The number of rotatable bonds is 5. The SMILES string of the molecule is Cc1cc(C)n(-c2cccc(NC(=O)C(NC(=O)OC(C)(C)C)C(C)C)c2)n1. The van der Waals surface area contributed by atoms with Gasteiger partial charge < -0.3 is 15.4 Å². The molecule has 2 amide bonds. The fourth-order valence-corrected chi connectivity index (χ4v) is 2.80. The molecular weight excluding hydrogens is 356 g/mol. The lowest BCUT2D eigenvalue weighted by Crippen LogP contribution is -2.48. The number of alkyl carbamates (subject to hydrolysis) is 1. The molecule has 0 radical (unpaired) electrons. The Morgan fingerprint density at radius 3 is 2.36 bits per heavy atom. The lowest BCUT2D eigenvalue weighted by atomic mass is 10.0. The van der Waals surface area contributed by atoms with Crippen LogP contribution in [-0.4, -0.2) is 33.4 Å². The van der Waals surface area contributed by atoms with E-state index in [9.17, 15) is 9.59 Å². The molecule has 1 aromatic carbocycles. The van der Waals surface area contributed by atoms with Gasteiger partial charge >= 0.3 is 6.09 Å².